The third kappa shape index (κ3) is 2.60. The van der Waals surface area contributed by atoms with E-state index in [0.29, 0.717) is 5.92 Å². The SMILES string of the molecule is CCC1/C=C/C2=NC=CCC=C2C/C(C)=C/1. The van der Waals surface area contributed by atoms with E-state index in [9.17, 15) is 0 Å². The van der Waals surface area contributed by atoms with Crippen LogP contribution in [0.15, 0.2) is 52.7 Å². The van der Waals surface area contributed by atoms with Crippen LogP contribution in [-0.2, 0) is 0 Å². The molecule has 2 rings (SSSR count). The predicted molar refractivity (Wildman–Crippen MR) is 70.6 cm³/mol. The molecule has 1 heterocycles. The van der Waals surface area contributed by atoms with Crippen LogP contribution in [0.25, 0.3) is 0 Å². The summed E-state index contributed by atoms with van der Waals surface area (Å²) in [4.78, 5) is 4.50. The lowest BCUT2D eigenvalue weighted by Crippen LogP contribution is -2.05. The van der Waals surface area contributed by atoms with Gasteiger partial charge in [0.25, 0.3) is 0 Å². The molecule has 1 atom stereocenters. The van der Waals surface area contributed by atoms with Crippen molar-refractivity contribution in [1.29, 1.82) is 0 Å². The van der Waals surface area contributed by atoms with E-state index in [1.54, 1.807) is 0 Å². The summed E-state index contributed by atoms with van der Waals surface area (Å²) in [6.07, 6.45) is 16.4. The van der Waals surface area contributed by atoms with Gasteiger partial charge in [-0.3, -0.25) is 4.99 Å². The highest BCUT2D eigenvalue weighted by Gasteiger charge is 2.10. The van der Waals surface area contributed by atoms with Crippen LogP contribution >= 0.6 is 0 Å². The number of rotatable bonds is 1. The average molecular weight is 213 g/mol. The fourth-order valence-electron chi connectivity index (χ4n) is 2.15. The predicted octanol–water partition coefficient (Wildman–Crippen LogP) is 4.20. The Kier molecular flexibility index (Phi) is 3.55. The van der Waals surface area contributed by atoms with E-state index in [1.165, 1.54) is 11.1 Å². The molecule has 0 radical (unpaired) electrons. The first kappa shape index (κ1) is 11.1. The molecule has 1 nitrogen and oxygen atoms in total. The van der Waals surface area contributed by atoms with Crippen molar-refractivity contribution in [2.45, 2.75) is 33.1 Å². The maximum absolute atomic E-state index is 4.50. The lowest BCUT2D eigenvalue weighted by molar-refractivity contribution is 0.763. The fourth-order valence-corrected chi connectivity index (χ4v) is 2.15. The van der Waals surface area contributed by atoms with Crippen LogP contribution < -0.4 is 0 Å². The second-order valence-corrected chi connectivity index (χ2v) is 4.49. The van der Waals surface area contributed by atoms with Crippen molar-refractivity contribution in [3.05, 3.63) is 47.7 Å². The highest BCUT2D eigenvalue weighted by molar-refractivity contribution is 6.09. The summed E-state index contributed by atoms with van der Waals surface area (Å²) >= 11 is 0. The standard InChI is InChI=1S/C15H19N/c1-3-13-7-8-15-14(11-12(2)10-13)6-4-5-9-16-15/h5-10,13H,3-4,11H2,1-2H3/b8-7+,12-10+. The van der Waals surface area contributed by atoms with Crippen LogP contribution in [0, 0.1) is 5.92 Å². The molecule has 0 saturated carbocycles. The molecule has 1 aliphatic carbocycles. The molecule has 1 unspecified atom stereocenters. The van der Waals surface area contributed by atoms with Gasteiger partial charge in [0.2, 0.25) is 0 Å². The second kappa shape index (κ2) is 5.11. The van der Waals surface area contributed by atoms with Gasteiger partial charge >= 0.3 is 0 Å². The Morgan fingerprint density at radius 1 is 1.44 bits per heavy atom. The molecule has 0 fully saturated rings. The summed E-state index contributed by atoms with van der Waals surface area (Å²) in [5.74, 6) is 0.566. The summed E-state index contributed by atoms with van der Waals surface area (Å²) in [6, 6.07) is 0. The molecular formula is C15H19N. The van der Waals surface area contributed by atoms with Gasteiger partial charge in [-0.2, -0.15) is 0 Å². The Labute approximate surface area is 98.0 Å². The van der Waals surface area contributed by atoms with E-state index in [-0.39, 0.29) is 0 Å². The molecule has 0 N–H and O–H groups in total. The number of hydrogen-bond acceptors (Lipinski definition) is 1. The number of aliphatic imine (C=N–C) groups is 1. The summed E-state index contributed by atoms with van der Waals surface area (Å²) in [5.41, 5.74) is 3.96. The van der Waals surface area contributed by atoms with E-state index in [2.05, 4.69) is 49.2 Å². The maximum atomic E-state index is 4.50. The van der Waals surface area contributed by atoms with Crippen LogP contribution in [0.2, 0.25) is 0 Å². The zero-order valence-electron chi connectivity index (χ0n) is 10.1. The van der Waals surface area contributed by atoms with Gasteiger partial charge in [0, 0.05) is 6.20 Å². The minimum absolute atomic E-state index is 0.566. The smallest absolute Gasteiger partial charge is 0.0658 e. The fraction of sp³-hybridized carbons (Fsp3) is 0.400. The number of nitrogens with zero attached hydrogens (tertiary/aromatic N) is 1. The van der Waals surface area contributed by atoms with Gasteiger partial charge in [-0.25, -0.2) is 0 Å². The monoisotopic (exact) mass is 213 g/mol. The van der Waals surface area contributed by atoms with Crippen molar-refractivity contribution in [3.63, 3.8) is 0 Å². The summed E-state index contributed by atoms with van der Waals surface area (Å²) in [7, 11) is 0. The quantitative estimate of drug-likeness (QED) is 0.579. The van der Waals surface area contributed by atoms with Gasteiger partial charge in [-0.05, 0) is 43.8 Å². The van der Waals surface area contributed by atoms with Crippen LogP contribution in [-0.4, -0.2) is 5.71 Å². The van der Waals surface area contributed by atoms with E-state index in [0.717, 1.165) is 25.0 Å². The first-order chi connectivity index (χ1) is 7.79. The van der Waals surface area contributed by atoms with Crippen molar-refractivity contribution >= 4 is 5.71 Å². The van der Waals surface area contributed by atoms with Gasteiger partial charge in [-0.15, -0.1) is 0 Å². The highest BCUT2D eigenvalue weighted by atomic mass is 14.7. The lowest BCUT2D eigenvalue weighted by atomic mass is 9.92. The topological polar surface area (TPSA) is 12.4 Å². The van der Waals surface area contributed by atoms with Gasteiger partial charge < -0.3 is 0 Å². The first-order valence-corrected chi connectivity index (χ1v) is 6.07. The molecule has 0 aromatic heterocycles. The first-order valence-electron chi connectivity index (χ1n) is 6.07. The zero-order chi connectivity index (χ0) is 11.4. The number of hydrogen-bond donors (Lipinski definition) is 0. The Morgan fingerprint density at radius 2 is 2.31 bits per heavy atom. The van der Waals surface area contributed by atoms with Crippen molar-refractivity contribution in [2.24, 2.45) is 10.9 Å². The Balaban J connectivity index is 2.34. The zero-order valence-corrected chi connectivity index (χ0v) is 10.1. The van der Waals surface area contributed by atoms with E-state index in [4.69, 9.17) is 0 Å². The molecule has 0 bridgehead atoms. The summed E-state index contributed by atoms with van der Waals surface area (Å²) in [5, 5.41) is 0. The van der Waals surface area contributed by atoms with Crippen LogP contribution in [0.3, 0.4) is 0 Å². The summed E-state index contributed by atoms with van der Waals surface area (Å²) in [6.45, 7) is 4.45. The third-order valence-electron chi connectivity index (χ3n) is 3.09. The van der Waals surface area contributed by atoms with Gasteiger partial charge in [0.05, 0.1) is 5.71 Å². The van der Waals surface area contributed by atoms with Crippen molar-refractivity contribution in [2.75, 3.05) is 0 Å². The molecule has 2 aliphatic rings. The molecule has 84 valence electrons. The van der Waals surface area contributed by atoms with Crippen molar-refractivity contribution in [1.82, 2.24) is 0 Å². The Bertz CT molecular complexity index is 405. The van der Waals surface area contributed by atoms with Crippen LogP contribution in [0.1, 0.15) is 33.1 Å². The van der Waals surface area contributed by atoms with Crippen LogP contribution in [0.4, 0.5) is 0 Å². The molecule has 0 saturated heterocycles. The molecule has 16 heavy (non-hydrogen) atoms. The minimum Gasteiger partial charge on any atom is -0.257 e. The lowest BCUT2D eigenvalue weighted by Gasteiger charge is -2.14. The molecule has 0 aromatic carbocycles. The molecular weight excluding hydrogens is 194 g/mol. The minimum atomic E-state index is 0.566. The van der Waals surface area contributed by atoms with E-state index in [1.807, 2.05) is 6.20 Å². The molecule has 0 spiro atoms. The highest BCUT2D eigenvalue weighted by Crippen LogP contribution is 2.22. The van der Waals surface area contributed by atoms with E-state index >= 15 is 0 Å². The summed E-state index contributed by atoms with van der Waals surface area (Å²) < 4.78 is 0. The average Bonchev–Trinajstić information content (AvgIpc) is 2.47. The van der Waals surface area contributed by atoms with Crippen LogP contribution in [0.5, 0.6) is 0 Å². The molecule has 0 amide bonds. The molecule has 1 aliphatic heterocycles. The van der Waals surface area contributed by atoms with Gasteiger partial charge in [0.1, 0.15) is 0 Å². The maximum Gasteiger partial charge on any atom is 0.0658 e. The second-order valence-electron chi connectivity index (χ2n) is 4.49. The molecule has 1 heteroatoms. The Morgan fingerprint density at radius 3 is 3.12 bits per heavy atom. The van der Waals surface area contributed by atoms with Crippen molar-refractivity contribution in [3.8, 4) is 0 Å². The largest absolute Gasteiger partial charge is 0.257 e. The van der Waals surface area contributed by atoms with E-state index < -0.39 is 0 Å². The Hall–Kier alpha value is -1.37. The molecule has 0 aromatic rings. The number of allylic oxidation sites excluding steroid dienone is 7. The van der Waals surface area contributed by atoms with Gasteiger partial charge in [0.15, 0.2) is 0 Å². The number of fused-ring (bicyclic) bond motifs is 1. The third-order valence-corrected chi connectivity index (χ3v) is 3.09. The van der Waals surface area contributed by atoms with Gasteiger partial charge in [-0.1, -0.05) is 36.8 Å². The van der Waals surface area contributed by atoms with Crippen molar-refractivity contribution < 1.29 is 0 Å². The normalized spacial score (nSPS) is 29.9.